The third-order valence-electron chi connectivity index (χ3n) is 9.98. The molecular weight excluding hydrogens is 606 g/mol. The highest BCUT2D eigenvalue weighted by atomic mass is 35.5. The molecule has 6 unspecified atom stereocenters. The minimum absolute atomic E-state index is 0.0867. The van der Waals surface area contributed by atoms with E-state index in [2.05, 4.69) is 35.6 Å². The van der Waals surface area contributed by atoms with Gasteiger partial charge in [0.25, 0.3) is 5.91 Å². The summed E-state index contributed by atoms with van der Waals surface area (Å²) in [6.45, 7) is 10.3. The van der Waals surface area contributed by atoms with Gasteiger partial charge >= 0.3 is 0 Å². The van der Waals surface area contributed by atoms with Gasteiger partial charge in [0.15, 0.2) is 0 Å². The van der Waals surface area contributed by atoms with Gasteiger partial charge in [-0.25, -0.2) is 4.21 Å². The SMILES string of the molecule is CC(=O)N(C)C.CCCc1cc(Cl)ccc1C1COc2ccc3cc2N(C1)CC1CCC1CCCCC(C)C(C)S(=O)NC3=O. The van der Waals surface area contributed by atoms with Gasteiger partial charge in [-0.15, -0.1) is 0 Å². The van der Waals surface area contributed by atoms with E-state index < -0.39 is 11.0 Å². The van der Waals surface area contributed by atoms with Crippen LogP contribution in [0.25, 0.3) is 0 Å². The maximum atomic E-state index is 13.2. The second-order valence-electron chi connectivity index (χ2n) is 13.4. The predicted molar refractivity (Wildman–Crippen MR) is 186 cm³/mol. The molecule has 2 bridgehead atoms. The van der Waals surface area contributed by atoms with E-state index in [-0.39, 0.29) is 23.0 Å². The maximum Gasteiger partial charge on any atom is 0.263 e. The van der Waals surface area contributed by atoms with Crippen molar-refractivity contribution in [1.29, 1.82) is 0 Å². The van der Waals surface area contributed by atoms with Crippen molar-refractivity contribution in [2.24, 2.45) is 17.8 Å². The highest BCUT2D eigenvalue weighted by molar-refractivity contribution is 7.84. The zero-order chi connectivity index (χ0) is 32.7. The van der Waals surface area contributed by atoms with Gasteiger partial charge in [0.05, 0.1) is 17.5 Å². The zero-order valence-electron chi connectivity index (χ0n) is 27.9. The van der Waals surface area contributed by atoms with Crippen LogP contribution in [0.15, 0.2) is 36.4 Å². The lowest BCUT2D eigenvalue weighted by atomic mass is 9.70. The van der Waals surface area contributed by atoms with Crippen molar-refractivity contribution in [3.05, 3.63) is 58.1 Å². The molecule has 3 aliphatic rings. The van der Waals surface area contributed by atoms with Crippen LogP contribution in [0.4, 0.5) is 5.69 Å². The molecule has 0 saturated heterocycles. The van der Waals surface area contributed by atoms with Crippen molar-refractivity contribution in [1.82, 2.24) is 9.62 Å². The Morgan fingerprint density at radius 1 is 1.04 bits per heavy atom. The molecule has 1 aliphatic carbocycles. The van der Waals surface area contributed by atoms with Gasteiger partial charge in [-0.3, -0.25) is 14.3 Å². The lowest BCUT2D eigenvalue weighted by molar-refractivity contribution is -0.126. The Bertz CT molecular complexity index is 1350. The number of nitrogens with zero attached hydrogens (tertiary/aromatic N) is 2. The minimum atomic E-state index is -1.43. The maximum absolute atomic E-state index is 13.2. The van der Waals surface area contributed by atoms with Gasteiger partial charge in [0.2, 0.25) is 5.91 Å². The first-order valence-corrected chi connectivity index (χ1v) is 18.3. The largest absolute Gasteiger partial charge is 0.491 e. The molecule has 1 saturated carbocycles. The van der Waals surface area contributed by atoms with Crippen LogP contribution in [-0.2, 0) is 22.2 Å². The molecule has 2 aromatic rings. The van der Waals surface area contributed by atoms with E-state index >= 15 is 0 Å². The number of ether oxygens (including phenoxy) is 1. The van der Waals surface area contributed by atoms with Crippen molar-refractivity contribution >= 4 is 40.1 Å². The van der Waals surface area contributed by atoms with Crippen molar-refractivity contribution in [3.8, 4) is 5.75 Å². The molecule has 2 aromatic carbocycles. The number of hydrogen-bond donors (Lipinski definition) is 1. The van der Waals surface area contributed by atoms with Crippen LogP contribution < -0.4 is 14.4 Å². The highest BCUT2D eigenvalue weighted by Gasteiger charge is 2.35. The van der Waals surface area contributed by atoms with Crippen LogP contribution in [0.1, 0.15) is 100 Å². The van der Waals surface area contributed by atoms with Gasteiger partial charge in [-0.1, -0.05) is 57.2 Å². The summed E-state index contributed by atoms with van der Waals surface area (Å²) in [6.07, 6.45) is 9.30. The molecule has 1 N–H and O–H groups in total. The molecule has 5 rings (SSSR count). The number of nitrogens with one attached hydrogen (secondary N) is 1. The molecule has 7 nitrogen and oxygen atoms in total. The van der Waals surface area contributed by atoms with Crippen LogP contribution in [0, 0.1) is 17.8 Å². The average molecular weight is 658 g/mol. The molecule has 9 heteroatoms. The van der Waals surface area contributed by atoms with E-state index in [0.717, 1.165) is 61.2 Å². The Kier molecular flexibility index (Phi) is 12.8. The Morgan fingerprint density at radius 3 is 2.42 bits per heavy atom. The molecule has 0 radical (unpaired) electrons. The van der Waals surface area contributed by atoms with E-state index in [1.54, 1.807) is 20.2 Å². The van der Waals surface area contributed by atoms with Gasteiger partial charge in [-0.05, 0) is 91.8 Å². The number of benzene rings is 2. The third-order valence-corrected chi connectivity index (χ3v) is 11.7. The van der Waals surface area contributed by atoms with Crippen LogP contribution >= 0.6 is 11.6 Å². The summed E-state index contributed by atoms with van der Waals surface area (Å²) in [4.78, 5) is 27.3. The monoisotopic (exact) mass is 657 g/mol. The smallest absolute Gasteiger partial charge is 0.263 e. The fraction of sp³-hybridized carbons (Fsp3) is 0.611. The zero-order valence-corrected chi connectivity index (χ0v) is 29.5. The first-order chi connectivity index (χ1) is 21.5. The number of carbonyl (C=O) groups excluding carboxylic acids is 2. The fourth-order valence-corrected chi connectivity index (χ4v) is 7.80. The predicted octanol–water partition coefficient (Wildman–Crippen LogP) is 7.39. The number of halogens is 1. The van der Waals surface area contributed by atoms with Crippen molar-refractivity contribution < 1.29 is 18.5 Å². The first-order valence-electron chi connectivity index (χ1n) is 16.7. The van der Waals surface area contributed by atoms with E-state index in [1.807, 2.05) is 25.1 Å². The topological polar surface area (TPSA) is 79.0 Å². The van der Waals surface area contributed by atoms with E-state index in [1.165, 1.54) is 48.6 Å². The molecule has 0 spiro atoms. The second-order valence-corrected chi connectivity index (χ2v) is 15.4. The van der Waals surface area contributed by atoms with E-state index in [4.69, 9.17) is 16.3 Å². The van der Waals surface area contributed by atoms with Crippen LogP contribution in [0.2, 0.25) is 5.02 Å². The molecule has 2 aliphatic heterocycles. The van der Waals surface area contributed by atoms with Gasteiger partial charge < -0.3 is 14.5 Å². The Morgan fingerprint density at radius 2 is 1.76 bits per heavy atom. The van der Waals surface area contributed by atoms with Crippen LogP contribution in [0.3, 0.4) is 0 Å². The van der Waals surface area contributed by atoms with E-state index in [9.17, 15) is 13.8 Å². The van der Waals surface area contributed by atoms with E-state index in [0.29, 0.717) is 24.0 Å². The van der Waals surface area contributed by atoms with Crippen LogP contribution in [0.5, 0.6) is 5.75 Å². The summed E-state index contributed by atoms with van der Waals surface area (Å²) >= 11 is 6.39. The molecule has 0 aromatic heterocycles. The van der Waals surface area contributed by atoms with Crippen molar-refractivity contribution in [3.63, 3.8) is 0 Å². The second kappa shape index (κ2) is 16.3. The number of amides is 2. The molecule has 248 valence electrons. The molecule has 6 atom stereocenters. The normalized spacial score (nSPS) is 26.9. The fourth-order valence-electron chi connectivity index (χ4n) is 6.56. The summed E-state index contributed by atoms with van der Waals surface area (Å²) in [5.41, 5.74) is 4.11. The minimum Gasteiger partial charge on any atom is -0.491 e. The number of anilines is 1. The van der Waals surface area contributed by atoms with Crippen LogP contribution in [-0.4, -0.2) is 60.0 Å². The summed E-state index contributed by atoms with van der Waals surface area (Å²) in [7, 11) is 2.02. The Balaban J connectivity index is 0.000000700. The van der Waals surface area contributed by atoms with Crippen molar-refractivity contribution in [2.75, 3.05) is 38.7 Å². The number of rotatable bonds is 3. The molecule has 45 heavy (non-hydrogen) atoms. The number of hydrogen-bond acceptors (Lipinski definition) is 5. The van der Waals surface area contributed by atoms with Gasteiger partial charge in [-0.2, -0.15) is 0 Å². The summed E-state index contributed by atoms with van der Waals surface area (Å²) in [5, 5.41) is 0.690. The summed E-state index contributed by atoms with van der Waals surface area (Å²) in [6, 6.07) is 12.0. The molecule has 2 heterocycles. The Hall–Kier alpha value is -2.58. The Labute approximate surface area is 278 Å². The molecule has 2 amide bonds. The first kappa shape index (κ1) is 35.3. The standard InChI is InChI=1S/C32H43ClN2O3S.C4H9NO/c1-4-7-24-16-28(33)13-14-29(24)27-19-35-18-26-11-10-23(26)9-6-5-8-21(2)22(3)39(37)34-32(36)25-12-15-31(38-20-27)30(35)17-25;1-4(6)5(2)3/h12-17,21-23,26-27H,4-11,18-20H2,1-3H3,(H,34,36);1-3H3. The summed E-state index contributed by atoms with van der Waals surface area (Å²) in [5.74, 6) is 2.54. The third kappa shape index (κ3) is 9.25. The van der Waals surface area contributed by atoms with Gasteiger partial charge in [0, 0.05) is 50.6 Å². The lowest BCUT2D eigenvalue weighted by Gasteiger charge is -2.41. The quantitative estimate of drug-likeness (QED) is 0.373. The number of aryl methyl sites for hydroxylation is 1. The number of carbonyl (C=O) groups is 2. The average Bonchev–Trinajstić information content (AvgIpc) is 3.17. The van der Waals surface area contributed by atoms with Gasteiger partial charge in [0.1, 0.15) is 16.7 Å². The highest BCUT2D eigenvalue weighted by Crippen LogP contribution is 2.43. The number of fused-ring (bicyclic) bond motifs is 2. The summed E-state index contributed by atoms with van der Waals surface area (Å²) < 4.78 is 22.3. The molecular formula is C36H52ClN3O4S. The molecule has 1 fully saturated rings. The van der Waals surface area contributed by atoms with Crippen molar-refractivity contribution in [2.45, 2.75) is 90.2 Å². The lowest BCUT2D eigenvalue weighted by Crippen LogP contribution is -2.40.